The van der Waals surface area contributed by atoms with Gasteiger partial charge in [-0.1, -0.05) is 44.2 Å². The minimum absolute atomic E-state index is 0.119. The van der Waals surface area contributed by atoms with Gasteiger partial charge >= 0.3 is 6.09 Å². The number of rotatable bonds is 7. The smallest absolute Gasteiger partial charge is 0.408 e. The number of hydrogen-bond acceptors (Lipinski definition) is 4. The molecule has 1 aromatic carbocycles. The van der Waals surface area contributed by atoms with Crippen LogP contribution >= 0.6 is 0 Å². The van der Waals surface area contributed by atoms with E-state index in [4.69, 9.17) is 4.74 Å². The minimum Gasteiger partial charge on any atom is -0.445 e. The molecule has 0 saturated carbocycles. The van der Waals surface area contributed by atoms with Crippen LogP contribution in [0.4, 0.5) is 4.79 Å². The van der Waals surface area contributed by atoms with Crippen LogP contribution in [-0.2, 0) is 20.9 Å². The van der Waals surface area contributed by atoms with Crippen molar-refractivity contribution in [2.75, 3.05) is 13.6 Å². The maximum Gasteiger partial charge on any atom is 0.408 e. The zero-order chi connectivity index (χ0) is 20.6. The Bertz CT molecular complexity index is 638. The molecule has 0 aliphatic carbocycles. The fraction of sp³-hybridized carbons (Fsp3) is 0.550. The van der Waals surface area contributed by atoms with Gasteiger partial charge in [-0.05, 0) is 32.3 Å². The number of alkyl carbamates (subject to hydrolysis) is 1. The predicted molar refractivity (Wildman–Crippen MR) is 104 cm³/mol. The van der Waals surface area contributed by atoms with Crippen molar-refractivity contribution in [2.45, 2.75) is 52.8 Å². The highest BCUT2D eigenvalue weighted by Crippen LogP contribution is 2.10. The molecule has 0 unspecified atom stereocenters. The van der Waals surface area contributed by atoms with Gasteiger partial charge in [0, 0.05) is 12.6 Å². The number of benzene rings is 1. The highest BCUT2D eigenvalue weighted by molar-refractivity contribution is 5.89. The standard InChI is InChI=1S/C20H31N3O4/c1-14(2)17(18(25)21-12-16(24)23(6)20(3,4)5)22-19(26)27-13-15-10-8-7-9-11-15/h7-11,14,17H,12-13H2,1-6H3,(H,21,25)(H,22,26)/t17-/m0/s1. The van der Waals surface area contributed by atoms with E-state index in [1.807, 2.05) is 65.0 Å². The lowest BCUT2D eigenvalue weighted by molar-refractivity contribution is -0.135. The SMILES string of the molecule is CC(C)[C@H](NC(=O)OCc1ccccc1)C(=O)NCC(=O)N(C)C(C)(C)C. The largest absolute Gasteiger partial charge is 0.445 e. The molecule has 0 aromatic heterocycles. The van der Waals surface area contributed by atoms with Crippen molar-refractivity contribution in [1.29, 1.82) is 0 Å². The molecular formula is C20H31N3O4. The first kappa shape index (κ1) is 22.5. The molecule has 2 N–H and O–H groups in total. The highest BCUT2D eigenvalue weighted by atomic mass is 16.5. The molecule has 27 heavy (non-hydrogen) atoms. The third-order valence-corrected chi connectivity index (χ3v) is 4.23. The first-order valence-electron chi connectivity index (χ1n) is 9.04. The summed E-state index contributed by atoms with van der Waals surface area (Å²) in [5, 5.41) is 5.17. The van der Waals surface area contributed by atoms with Crippen molar-refractivity contribution >= 4 is 17.9 Å². The summed E-state index contributed by atoms with van der Waals surface area (Å²) in [6.07, 6.45) is -0.675. The third-order valence-electron chi connectivity index (χ3n) is 4.23. The van der Waals surface area contributed by atoms with Gasteiger partial charge in [0.15, 0.2) is 0 Å². The van der Waals surface area contributed by atoms with Crippen molar-refractivity contribution in [1.82, 2.24) is 15.5 Å². The maximum absolute atomic E-state index is 12.4. The van der Waals surface area contributed by atoms with E-state index in [1.54, 1.807) is 11.9 Å². The van der Waals surface area contributed by atoms with Gasteiger partial charge in [0.1, 0.15) is 12.6 Å². The Balaban J connectivity index is 2.55. The van der Waals surface area contributed by atoms with Gasteiger partial charge in [0.05, 0.1) is 6.54 Å². The second kappa shape index (κ2) is 9.94. The van der Waals surface area contributed by atoms with E-state index in [0.29, 0.717) is 0 Å². The van der Waals surface area contributed by atoms with Crippen molar-refractivity contribution in [3.05, 3.63) is 35.9 Å². The van der Waals surface area contributed by atoms with Gasteiger partial charge in [-0.25, -0.2) is 4.79 Å². The molecule has 0 spiro atoms. The Labute approximate surface area is 161 Å². The Kier molecular flexibility index (Phi) is 8.28. The lowest BCUT2D eigenvalue weighted by Crippen LogP contribution is -2.53. The summed E-state index contributed by atoms with van der Waals surface area (Å²) in [6.45, 7) is 9.34. The third kappa shape index (κ3) is 7.68. The molecule has 7 heteroatoms. The Morgan fingerprint density at radius 1 is 1.11 bits per heavy atom. The first-order valence-corrected chi connectivity index (χ1v) is 9.04. The second-order valence-corrected chi connectivity index (χ2v) is 7.77. The van der Waals surface area contributed by atoms with Crippen molar-refractivity contribution in [3.8, 4) is 0 Å². The number of amides is 3. The van der Waals surface area contributed by atoms with Gasteiger partial charge in [0.2, 0.25) is 11.8 Å². The fourth-order valence-electron chi connectivity index (χ4n) is 2.19. The van der Waals surface area contributed by atoms with Crippen molar-refractivity contribution in [2.24, 2.45) is 5.92 Å². The van der Waals surface area contributed by atoms with Crippen LogP contribution in [0.15, 0.2) is 30.3 Å². The first-order chi connectivity index (χ1) is 12.5. The quantitative estimate of drug-likeness (QED) is 0.763. The molecular weight excluding hydrogens is 346 g/mol. The summed E-state index contributed by atoms with van der Waals surface area (Å²) >= 11 is 0. The predicted octanol–water partition coefficient (Wildman–Crippen LogP) is 2.31. The molecule has 1 aromatic rings. The van der Waals surface area contributed by atoms with E-state index < -0.39 is 18.0 Å². The molecule has 1 atom stereocenters. The lowest BCUT2D eigenvalue weighted by Gasteiger charge is -2.32. The maximum atomic E-state index is 12.4. The number of hydrogen-bond donors (Lipinski definition) is 2. The van der Waals surface area contributed by atoms with Crippen LogP contribution in [-0.4, -0.2) is 48.0 Å². The molecule has 3 amide bonds. The van der Waals surface area contributed by atoms with E-state index in [1.165, 1.54) is 0 Å². The van der Waals surface area contributed by atoms with Crippen LogP contribution in [0.2, 0.25) is 0 Å². The molecule has 0 aliphatic rings. The average molecular weight is 377 g/mol. The van der Waals surface area contributed by atoms with E-state index in [-0.39, 0.29) is 30.5 Å². The summed E-state index contributed by atoms with van der Waals surface area (Å²) in [5.41, 5.74) is 0.521. The summed E-state index contributed by atoms with van der Waals surface area (Å²) in [6, 6.07) is 8.48. The van der Waals surface area contributed by atoms with E-state index in [0.717, 1.165) is 5.56 Å². The number of nitrogens with zero attached hydrogens (tertiary/aromatic N) is 1. The summed E-state index contributed by atoms with van der Waals surface area (Å²) < 4.78 is 5.16. The molecule has 1 rings (SSSR count). The topological polar surface area (TPSA) is 87.7 Å². The summed E-state index contributed by atoms with van der Waals surface area (Å²) in [4.78, 5) is 38.2. The number of carbonyl (C=O) groups is 3. The number of likely N-dealkylation sites (N-methyl/N-ethyl adjacent to an activating group) is 1. The average Bonchev–Trinajstić information content (AvgIpc) is 2.61. The van der Waals surface area contributed by atoms with Crippen molar-refractivity contribution in [3.63, 3.8) is 0 Å². The van der Waals surface area contributed by atoms with E-state index >= 15 is 0 Å². The van der Waals surface area contributed by atoms with E-state index in [2.05, 4.69) is 10.6 Å². The Morgan fingerprint density at radius 2 is 1.70 bits per heavy atom. The lowest BCUT2D eigenvalue weighted by atomic mass is 10.0. The second-order valence-electron chi connectivity index (χ2n) is 7.77. The fourth-order valence-corrected chi connectivity index (χ4v) is 2.19. The molecule has 7 nitrogen and oxygen atoms in total. The molecule has 0 radical (unpaired) electrons. The molecule has 0 bridgehead atoms. The van der Waals surface area contributed by atoms with Crippen LogP contribution in [0.5, 0.6) is 0 Å². The zero-order valence-electron chi connectivity index (χ0n) is 17.0. The van der Waals surface area contributed by atoms with Crippen LogP contribution in [0, 0.1) is 5.92 Å². The van der Waals surface area contributed by atoms with Crippen LogP contribution < -0.4 is 10.6 Å². The minimum atomic E-state index is -0.791. The Morgan fingerprint density at radius 3 is 2.22 bits per heavy atom. The zero-order valence-corrected chi connectivity index (χ0v) is 17.0. The monoisotopic (exact) mass is 377 g/mol. The number of nitrogens with one attached hydrogen (secondary N) is 2. The summed E-state index contributed by atoms with van der Waals surface area (Å²) in [5.74, 6) is -0.785. The summed E-state index contributed by atoms with van der Waals surface area (Å²) in [7, 11) is 1.69. The normalized spacial score (nSPS) is 12.3. The molecule has 0 fully saturated rings. The van der Waals surface area contributed by atoms with Gasteiger partial charge in [0.25, 0.3) is 0 Å². The van der Waals surface area contributed by atoms with Crippen LogP contribution in [0.1, 0.15) is 40.2 Å². The van der Waals surface area contributed by atoms with Gasteiger partial charge in [-0.3, -0.25) is 9.59 Å². The number of carbonyl (C=O) groups excluding carboxylic acids is 3. The van der Waals surface area contributed by atoms with Gasteiger partial charge in [-0.2, -0.15) is 0 Å². The molecule has 150 valence electrons. The molecule has 0 heterocycles. The molecule has 0 aliphatic heterocycles. The Hall–Kier alpha value is -2.57. The highest BCUT2D eigenvalue weighted by Gasteiger charge is 2.27. The number of ether oxygens (including phenoxy) is 1. The van der Waals surface area contributed by atoms with Crippen LogP contribution in [0.25, 0.3) is 0 Å². The van der Waals surface area contributed by atoms with Crippen LogP contribution in [0.3, 0.4) is 0 Å². The van der Waals surface area contributed by atoms with Gasteiger partial charge in [-0.15, -0.1) is 0 Å². The van der Waals surface area contributed by atoms with E-state index in [9.17, 15) is 14.4 Å². The van der Waals surface area contributed by atoms with Crippen molar-refractivity contribution < 1.29 is 19.1 Å². The van der Waals surface area contributed by atoms with Gasteiger partial charge < -0.3 is 20.3 Å². The molecule has 0 saturated heterocycles.